The fraction of sp³-hybridized carbons (Fsp3) is 0.471. The number of anilines is 1. The number of rotatable bonds is 4. The summed E-state index contributed by atoms with van der Waals surface area (Å²) in [7, 11) is 0. The van der Waals surface area contributed by atoms with Gasteiger partial charge in [-0.15, -0.1) is 11.3 Å². The number of thiazole rings is 1. The molecule has 3 fully saturated rings. The van der Waals surface area contributed by atoms with E-state index in [-0.39, 0.29) is 5.41 Å². The largest absolute Gasteiger partial charge is 0.449 e. The summed E-state index contributed by atoms with van der Waals surface area (Å²) in [5.74, 6) is 0.548. The van der Waals surface area contributed by atoms with E-state index in [1.54, 1.807) is 17.9 Å². The molecule has 0 saturated carbocycles. The van der Waals surface area contributed by atoms with E-state index < -0.39 is 6.09 Å². The van der Waals surface area contributed by atoms with Gasteiger partial charge in [0.15, 0.2) is 5.82 Å². The van der Waals surface area contributed by atoms with Gasteiger partial charge >= 0.3 is 6.09 Å². The number of nitrogens with one attached hydrogen (secondary N) is 1. The van der Waals surface area contributed by atoms with Crippen molar-refractivity contribution >= 4 is 23.2 Å². The number of piperidine rings is 3. The minimum Gasteiger partial charge on any atom is -0.449 e. The monoisotopic (exact) mass is 344 g/mol. The van der Waals surface area contributed by atoms with Gasteiger partial charge in [-0.2, -0.15) is 0 Å². The molecular formula is C17H20N4O2S. The molecule has 3 saturated heterocycles. The average Bonchev–Trinajstić information content (AvgIpc) is 3.10. The molecule has 24 heavy (non-hydrogen) atoms. The highest BCUT2D eigenvalue weighted by atomic mass is 32.1. The number of amides is 1. The number of hydrogen-bond acceptors (Lipinski definition) is 6. The van der Waals surface area contributed by atoms with Crippen LogP contribution < -0.4 is 5.32 Å². The van der Waals surface area contributed by atoms with Crippen LogP contribution in [0, 0.1) is 5.41 Å². The van der Waals surface area contributed by atoms with Crippen LogP contribution in [-0.2, 0) is 4.74 Å². The number of aromatic nitrogens is 2. The Kier molecular flexibility index (Phi) is 4.20. The molecule has 5 heterocycles. The molecule has 2 aromatic heterocycles. The third-order valence-electron chi connectivity index (χ3n) is 5.11. The van der Waals surface area contributed by atoms with E-state index in [4.69, 9.17) is 4.74 Å². The Bertz CT molecular complexity index is 697. The van der Waals surface area contributed by atoms with E-state index in [1.165, 1.54) is 11.3 Å². The predicted octanol–water partition coefficient (Wildman–Crippen LogP) is 3.24. The maximum Gasteiger partial charge on any atom is 0.412 e. The van der Waals surface area contributed by atoms with Crippen molar-refractivity contribution in [2.45, 2.75) is 19.3 Å². The zero-order valence-electron chi connectivity index (χ0n) is 13.4. The molecule has 0 radical (unpaired) electrons. The van der Waals surface area contributed by atoms with Crippen molar-refractivity contribution in [3.05, 3.63) is 30.0 Å². The summed E-state index contributed by atoms with van der Waals surface area (Å²) in [6.45, 7) is 3.89. The summed E-state index contributed by atoms with van der Waals surface area (Å²) in [5, 5.41) is 2.79. The summed E-state index contributed by atoms with van der Waals surface area (Å²) < 4.78 is 5.55. The molecule has 0 spiro atoms. The molecule has 2 bridgehead atoms. The topological polar surface area (TPSA) is 67.3 Å². The molecule has 1 N–H and O–H groups in total. The normalized spacial score (nSPS) is 25.4. The van der Waals surface area contributed by atoms with Crippen LogP contribution in [0.1, 0.15) is 19.3 Å². The van der Waals surface area contributed by atoms with E-state index in [1.807, 2.05) is 12.1 Å². The van der Waals surface area contributed by atoms with E-state index in [0.717, 1.165) is 49.3 Å². The van der Waals surface area contributed by atoms with E-state index in [9.17, 15) is 4.79 Å². The third-order valence-corrected chi connectivity index (χ3v) is 5.99. The van der Waals surface area contributed by atoms with Crippen LogP contribution in [-0.4, -0.2) is 47.2 Å². The van der Waals surface area contributed by atoms with Crippen molar-refractivity contribution in [2.75, 3.05) is 31.6 Å². The highest BCUT2D eigenvalue weighted by Gasteiger charge is 2.40. The number of carbonyl (C=O) groups is 1. The fourth-order valence-corrected chi connectivity index (χ4v) is 4.26. The number of pyridine rings is 1. The van der Waals surface area contributed by atoms with E-state index >= 15 is 0 Å². The van der Waals surface area contributed by atoms with Crippen LogP contribution >= 0.6 is 11.3 Å². The van der Waals surface area contributed by atoms with Gasteiger partial charge in [0.2, 0.25) is 0 Å². The zero-order valence-corrected chi connectivity index (χ0v) is 14.2. The molecule has 2 aromatic rings. The summed E-state index contributed by atoms with van der Waals surface area (Å²) >= 11 is 1.49. The molecule has 3 aliphatic rings. The van der Waals surface area contributed by atoms with Gasteiger partial charge in [0.05, 0.1) is 17.0 Å². The summed E-state index contributed by atoms with van der Waals surface area (Å²) in [5.41, 5.74) is 2.89. The fourth-order valence-electron chi connectivity index (χ4n) is 3.51. The van der Waals surface area contributed by atoms with Gasteiger partial charge in [-0.3, -0.25) is 10.3 Å². The standard InChI is InChI=1S/C17H20N4O2S/c22-16(23-11-17-3-8-21(9-4-17)10-5-17)20-15-14(24-12-19-15)13-1-6-18-7-2-13/h1-2,6-7,12H,3-5,8-11H2,(H,20,22). The maximum absolute atomic E-state index is 12.2. The second kappa shape index (κ2) is 6.49. The highest BCUT2D eigenvalue weighted by Crippen LogP contribution is 2.40. The predicted molar refractivity (Wildman–Crippen MR) is 93.0 cm³/mol. The van der Waals surface area contributed by atoms with E-state index in [0.29, 0.717) is 12.4 Å². The number of ether oxygens (including phenoxy) is 1. The minimum atomic E-state index is -0.418. The third kappa shape index (κ3) is 3.14. The first-order valence-electron chi connectivity index (χ1n) is 8.24. The van der Waals surface area contributed by atoms with Crippen LogP contribution in [0.3, 0.4) is 0 Å². The lowest BCUT2D eigenvalue weighted by Gasteiger charge is -2.47. The van der Waals surface area contributed by atoms with Gasteiger partial charge in [0, 0.05) is 17.8 Å². The lowest BCUT2D eigenvalue weighted by atomic mass is 9.73. The second-order valence-corrected chi connectivity index (χ2v) is 7.41. The highest BCUT2D eigenvalue weighted by molar-refractivity contribution is 7.13. The number of hydrogen-bond donors (Lipinski definition) is 1. The Labute approximate surface area is 144 Å². The summed E-state index contributed by atoms with van der Waals surface area (Å²) in [6, 6.07) is 3.80. The Morgan fingerprint density at radius 1 is 1.25 bits per heavy atom. The molecule has 0 aromatic carbocycles. The van der Waals surface area contributed by atoms with Gasteiger partial charge in [-0.1, -0.05) is 0 Å². The van der Waals surface area contributed by atoms with Gasteiger partial charge < -0.3 is 9.64 Å². The smallest absolute Gasteiger partial charge is 0.412 e. The molecule has 6 nitrogen and oxygen atoms in total. The molecule has 3 aliphatic heterocycles. The molecule has 0 aliphatic carbocycles. The number of fused-ring (bicyclic) bond motifs is 3. The van der Waals surface area contributed by atoms with Crippen molar-refractivity contribution in [3.8, 4) is 10.4 Å². The van der Waals surface area contributed by atoms with Crippen LogP contribution in [0.15, 0.2) is 30.0 Å². The average molecular weight is 344 g/mol. The van der Waals surface area contributed by atoms with Crippen LogP contribution in [0.2, 0.25) is 0 Å². The minimum absolute atomic E-state index is 0.183. The van der Waals surface area contributed by atoms with Gasteiger partial charge in [-0.25, -0.2) is 9.78 Å². The van der Waals surface area contributed by atoms with Crippen molar-refractivity contribution in [3.63, 3.8) is 0 Å². The van der Waals surface area contributed by atoms with Crippen LogP contribution in [0.4, 0.5) is 10.6 Å². The Hall–Kier alpha value is -1.99. The van der Waals surface area contributed by atoms with Crippen molar-refractivity contribution in [2.24, 2.45) is 5.41 Å². The van der Waals surface area contributed by atoms with Crippen molar-refractivity contribution in [1.29, 1.82) is 0 Å². The Morgan fingerprint density at radius 3 is 2.67 bits per heavy atom. The molecular weight excluding hydrogens is 324 g/mol. The molecule has 0 unspecified atom stereocenters. The first kappa shape index (κ1) is 15.5. The second-order valence-electron chi connectivity index (χ2n) is 6.56. The Balaban J connectivity index is 1.38. The van der Waals surface area contributed by atoms with Gasteiger partial charge in [0.25, 0.3) is 0 Å². The zero-order chi connectivity index (χ0) is 16.4. The van der Waals surface area contributed by atoms with E-state index in [2.05, 4.69) is 20.2 Å². The molecule has 126 valence electrons. The number of nitrogens with zero attached hydrogens (tertiary/aromatic N) is 3. The first-order chi connectivity index (χ1) is 11.7. The first-order valence-corrected chi connectivity index (χ1v) is 9.12. The van der Waals surface area contributed by atoms with Gasteiger partial charge in [0.1, 0.15) is 0 Å². The maximum atomic E-state index is 12.2. The van der Waals surface area contributed by atoms with Crippen molar-refractivity contribution < 1.29 is 9.53 Å². The molecule has 1 amide bonds. The van der Waals surface area contributed by atoms with Crippen LogP contribution in [0.25, 0.3) is 10.4 Å². The number of carbonyl (C=O) groups excluding carboxylic acids is 1. The summed E-state index contributed by atoms with van der Waals surface area (Å²) in [4.78, 5) is 23.9. The lowest BCUT2D eigenvalue weighted by Crippen LogP contribution is -2.50. The molecule has 7 heteroatoms. The summed E-state index contributed by atoms with van der Waals surface area (Å²) in [6.07, 6.45) is 6.41. The van der Waals surface area contributed by atoms with Crippen LogP contribution in [0.5, 0.6) is 0 Å². The Morgan fingerprint density at radius 2 is 1.96 bits per heavy atom. The quantitative estimate of drug-likeness (QED) is 0.922. The SMILES string of the molecule is O=C(Nc1ncsc1-c1ccncc1)OCC12CCN(CC1)CC2. The molecule has 0 atom stereocenters. The lowest BCUT2D eigenvalue weighted by molar-refractivity contribution is -0.0190. The molecule has 5 rings (SSSR count). The van der Waals surface area contributed by atoms with Crippen molar-refractivity contribution in [1.82, 2.24) is 14.9 Å². The van der Waals surface area contributed by atoms with Gasteiger partial charge in [-0.05, 0) is 56.6 Å².